The molecule has 2 aliphatic rings. The van der Waals surface area contributed by atoms with Crippen LogP contribution in [-0.4, -0.2) is 21.4 Å². The molecule has 0 amide bonds. The van der Waals surface area contributed by atoms with E-state index in [2.05, 4.69) is 0 Å². The van der Waals surface area contributed by atoms with Gasteiger partial charge in [0.15, 0.2) is 17.3 Å². The minimum absolute atomic E-state index is 0.0377. The summed E-state index contributed by atoms with van der Waals surface area (Å²) in [5.74, 6) is -1.08. The minimum Gasteiger partial charge on any atom is -0.289 e. The number of carbonyl (C=O) groups is 3. The Morgan fingerprint density at radius 3 is 2.12 bits per heavy atom. The summed E-state index contributed by atoms with van der Waals surface area (Å²) >= 11 is -0.175. The highest BCUT2D eigenvalue weighted by Crippen LogP contribution is 2.33. The van der Waals surface area contributed by atoms with Crippen molar-refractivity contribution in [1.82, 2.24) is 0 Å². The molecule has 26 heavy (non-hydrogen) atoms. The fourth-order valence-corrected chi connectivity index (χ4v) is 4.50. The van der Waals surface area contributed by atoms with Crippen LogP contribution in [0.4, 0.5) is 0 Å². The van der Waals surface area contributed by atoms with Gasteiger partial charge < -0.3 is 0 Å². The van der Waals surface area contributed by atoms with Crippen LogP contribution in [0.2, 0.25) is 0 Å². The lowest BCUT2D eigenvalue weighted by Crippen LogP contribution is -2.27. The van der Waals surface area contributed by atoms with E-state index in [1.165, 1.54) is 0 Å². The van der Waals surface area contributed by atoms with Crippen molar-refractivity contribution < 1.29 is 14.4 Å². The van der Waals surface area contributed by atoms with Crippen molar-refractivity contribution in [1.29, 1.82) is 0 Å². The zero-order chi connectivity index (χ0) is 18.1. The van der Waals surface area contributed by atoms with Gasteiger partial charge in [0.2, 0.25) is 0 Å². The van der Waals surface area contributed by atoms with Crippen molar-refractivity contribution in [2.45, 2.75) is 0 Å². The molecule has 0 spiro atoms. The maximum absolute atomic E-state index is 13.2. The molecule has 1 aliphatic heterocycles. The second-order valence-electron chi connectivity index (χ2n) is 5.82. The van der Waals surface area contributed by atoms with Crippen molar-refractivity contribution in [3.05, 3.63) is 104 Å². The van der Waals surface area contributed by atoms with E-state index in [-0.39, 0.29) is 43.2 Å². The predicted molar refractivity (Wildman–Crippen MR) is 110 cm³/mol. The number of ketones is 3. The van der Waals surface area contributed by atoms with Gasteiger partial charge in [-0.05, 0) is 25.8 Å². The molecule has 1 heterocycles. The van der Waals surface area contributed by atoms with Gasteiger partial charge >= 0.3 is 0 Å². The normalized spacial score (nSPS) is 16.1. The summed E-state index contributed by atoms with van der Waals surface area (Å²) in [4.78, 5) is 39.4. The molecule has 0 bridgehead atoms. The first-order valence-corrected chi connectivity index (χ1v) is 10.5. The molecular weight excluding hydrogens is 439 g/mol. The molecule has 0 saturated heterocycles. The number of rotatable bonds is 3. The van der Waals surface area contributed by atoms with Crippen molar-refractivity contribution in [2.24, 2.45) is 0 Å². The van der Waals surface area contributed by atoms with E-state index >= 15 is 0 Å². The molecule has 0 aromatic heterocycles. The summed E-state index contributed by atoms with van der Waals surface area (Å²) < 4.78 is 4.04. The molecule has 0 N–H and O–H groups in total. The Balaban J connectivity index is 1.98. The van der Waals surface area contributed by atoms with Gasteiger partial charge in [-0.3, -0.25) is 14.4 Å². The quantitative estimate of drug-likeness (QED) is 0.393. The van der Waals surface area contributed by atoms with Crippen LogP contribution >= 0.6 is 20.7 Å². The standard InChI is InChI=1S/C22H13IO3/c24-20(15-6-2-1-3-7-15)19-18(14-10-12-23-13-11-14)21(25)16-8-4-5-9-17(16)22(19)26/h1-13H. The summed E-state index contributed by atoms with van der Waals surface area (Å²) in [5.41, 5.74) is 1.84. The second kappa shape index (κ2) is 6.88. The molecule has 2 aromatic rings. The van der Waals surface area contributed by atoms with Crippen LogP contribution in [0.1, 0.15) is 31.1 Å². The predicted octanol–water partition coefficient (Wildman–Crippen LogP) is 4.47. The van der Waals surface area contributed by atoms with E-state index in [4.69, 9.17) is 0 Å². The van der Waals surface area contributed by atoms with Crippen LogP contribution in [-0.2, 0) is 0 Å². The number of allylic oxidation sites excluding steroid dienone is 5. The van der Waals surface area contributed by atoms with Crippen molar-refractivity contribution in [2.75, 3.05) is 0 Å². The fourth-order valence-electron chi connectivity index (χ4n) is 3.07. The van der Waals surface area contributed by atoms with Gasteiger partial charge in [0.25, 0.3) is 0 Å². The third-order valence-corrected chi connectivity index (χ3v) is 5.85. The second-order valence-corrected chi connectivity index (χ2v) is 7.97. The Labute approximate surface area is 160 Å². The van der Waals surface area contributed by atoms with Crippen LogP contribution in [0, 0.1) is 0 Å². The first kappa shape index (κ1) is 16.7. The molecule has 4 rings (SSSR count). The van der Waals surface area contributed by atoms with E-state index in [1.54, 1.807) is 54.6 Å². The summed E-state index contributed by atoms with van der Waals surface area (Å²) in [6.07, 6.45) is 3.69. The third kappa shape index (κ3) is 2.76. The van der Waals surface area contributed by atoms with E-state index in [1.807, 2.05) is 20.2 Å². The molecule has 2 aromatic carbocycles. The number of Topliss-reactive ketones (excluding diaryl/α,β-unsaturated/α-hetero) is 3. The van der Waals surface area contributed by atoms with Gasteiger partial charge in [-0.25, -0.2) is 0 Å². The molecule has 4 heteroatoms. The van der Waals surface area contributed by atoms with Crippen molar-refractivity contribution in [3.8, 4) is 0 Å². The molecule has 0 radical (unpaired) electrons. The van der Waals surface area contributed by atoms with Crippen LogP contribution in [0.25, 0.3) is 0 Å². The van der Waals surface area contributed by atoms with E-state index in [0.717, 1.165) is 0 Å². The average Bonchev–Trinajstić information content (AvgIpc) is 2.71. The van der Waals surface area contributed by atoms with Crippen molar-refractivity contribution >= 4 is 42.1 Å². The highest BCUT2D eigenvalue weighted by Gasteiger charge is 2.36. The highest BCUT2D eigenvalue weighted by molar-refractivity contribution is 14.2. The Hall–Kier alpha value is -2.73. The Morgan fingerprint density at radius 1 is 0.808 bits per heavy atom. The zero-order valence-corrected chi connectivity index (χ0v) is 15.8. The lowest BCUT2D eigenvalue weighted by atomic mass is 9.78. The van der Waals surface area contributed by atoms with E-state index in [9.17, 15) is 14.4 Å². The van der Waals surface area contributed by atoms with Gasteiger partial charge in [-0.15, -0.1) is 0 Å². The van der Waals surface area contributed by atoms with Crippen LogP contribution < -0.4 is 0 Å². The summed E-state index contributed by atoms with van der Waals surface area (Å²) in [5, 5.41) is 0. The Bertz CT molecular complexity index is 1070. The van der Waals surface area contributed by atoms with E-state index < -0.39 is 11.6 Å². The maximum Gasteiger partial charge on any atom is 0.198 e. The monoisotopic (exact) mass is 452 g/mol. The van der Waals surface area contributed by atoms with Gasteiger partial charge in [0, 0.05) is 22.3 Å². The minimum atomic E-state index is -0.414. The Kier molecular flexibility index (Phi) is 4.42. The fraction of sp³-hybridized carbons (Fsp3) is 0. The highest BCUT2D eigenvalue weighted by atomic mass is 127. The number of carbonyl (C=O) groups excluding carboxylic acids is 3. The lowest BCUT2D eigenvalue weighted by Gasteiger charge is -2.21. The first-order chi connectivity index (χ1) is 12.7. The van der Waals surface area contributed by atoms with Gasteiger partial charge in [0.1, 0.15) is 0 Å². The molecule has 0 saturated carbocycles. The topological polar surface area (TPSA) is 51.2 Å². The molecule has 3 nitrogen and oxygen atoms in total. The first-order valence-electron chi connectivity index (χ1n) is 8.03. The number of fused-ring (bicyclic) bond motifs is 1. The summed E-state index contributed by atoms with van der Waals surface area (Å²) in [6, 6.07) is 15.3. The van der Waals surface area contributed by atoms with E-state index in [0.29, 0.717) is 16.7 Å². The molecule has 0 unspecified atom stereocenters. The number of hydrogen-bond donors (Lipinski definition) is 0. The third-order valence-electron chi connectivity index (χ3n) is 4.30. The number of benzene rings is 2. The van der Waals surface area contributed by atoms with Gasteiger partial charge in [0.05, 0.1) is 5.57 Å². The lowest BCUT2D eigenvalue weighted by molar-refractivity contribution is 0.0929. The largest absolute Gasteiger partial charge is 0.289 e. The SMILES string of the molecule is O=C(C1=C(C2=CC=IC=C2)C(=O)c2ccccc2C1=O)c1ccccc1. The molecule has 126 valence electrons. The van der Waals surface area contributed by atoms with Crippen LogP contribution in [0.15, 0.2) is 87.6 Å². The molecule has 0 atom stereocenters. The number of halogens is 1. The Morgan fingerprint density at radius 2 is 1.46 bits per heavy atom. The van der Waals surface area contributed by atoms with Crippen molar-refractivity contribution in [3.63, 3.8) is 0 Å². The molecule has 0 fully saturated rings. The van der Waals surface area contributed by atoms with Gasteiger partial charge in [-0.2, -0.15) is 0 Å². The summed E-state index contributed by atoms with van der Waals surface area (Å²) in [6.45, 7) is 0. The average molecular weight is 452 g/mol. The molecule has 1 aliphatic carbocycles. The number of hydrogen-bond acceptors (Lipinski definition) is 3. The molecular formula is C22H13IO3. The smallest absolute Gasteiger partial charge is 0.198 e. The van der Waals surface area contributed by atoms with Gasteiger partial charge in [-0.1, -0.05) is 75.3 Å². The zero-order valence-electron chi connectivity index (χ0n) is 13.6. The summed E-state index contributed by atoms with van der Waals surface area (Å²) in [7, 11) is 0. The van der Waals surface area contributed by atoms with Crippen LogP contribution in [0.5, 0.6) is 0 Å². The van der Waals surface area contributed by atoms with Crippen LogP contribution in [0.3, 0.4) is 0 Å². The maximum atomic E-state index is 13.2.